The van der Waals surface area contributed by atoms with Crippen LogP contribution in [-0.4, -0.2) is 37.1 Å². The van der Waals surface area contributed by atoms with E-state index in [2.05, 4.69) is 16.3 Å². The number of benzene rings is 2. The van der Waals surface area contributed by atoms with Crippen LogP contribution < -0.4 is 11.1 Å². The van der Waals surface area contributed by atoms with Crippen LogP contribution in [0.3, 0.4) is 0 Å². The molecule has 0 unspecified atom stereocenters. The number of nitrogens with one attached hydrogen (secondary N) is 1. The number of carbonyl (C=O) groups excluding carboxylic acids is 1. The van der Waals surface area contributed by atoms with E-state index in [9.17, 15) is 4.79 Å². The van der Waals surface area contributed by atoms with Crippen molar-refractivity contribution in [2.45, 2.75) is 13.5 Å². The van der Waals surface area contributed by atoms with Gasteiger partial charge in [-0.3, -0.25) is 9.69 Å². The van der Waals surface area contributed by atoms with Crippen LogP contribution in [0.4, 0.5) is 11.4 Å². The van der Waals surface area contributed by atoms with E-state index in [0.717, 1.165) is 49.7 Å². The zero-order valence-corrected chi connectivity index (χ0v) is 16.4. The second kappa shape index (κ2) is 10.4. The van der Waals surface area contributed by atoms with Crippen LogP contribution >= 0.6 is 24.8 Å². The first kappa shape index (κ1) is 22.3. The lowest BCUT2D eigenvalue weighted by molar-refractivity contribution is 0.0342. The van der Waals surface area contributed by atoms with Gasteiger partial charge in [-0.25, -0.2) is 0 Å². The van der Waals surface area contributed by atoms with Crippen molar-refractivity contribution in [2.75, 3.05) is 37.4 Å². The zero-order valence-electron chi connectivity index (χ0n) is 14.7. The molecule has 0 atom stereocenters. The Morgan fingerprint density at radius 1 is 1.15 bits per heavy atom. The van der Waals surface area contributed by atoms with Gasteiger partial charge < -0.3 is 15.8 Å². The van der Waals surface area contributed by atoms with Gasteiger partial charge in [-0.05, 0) is 36.2 Å². The van der Waals surface area contributed by atoms with Crippen molar-refractivity contribution >= 4 is 42.1 Å². The maximum atomic E-state index is 12.6. The van der Waals surface area contributed by atoms with Crippen molar-refractivity contribution in [2.24, 2.45) is 0 Å². The van der Waals surface area contributed by atoms with Gasteiger partial charge in [-0.15, -0.1) is 24.8 Å². The third-order valence-electron chi connectivity index (χ3n) is 4.27. The molecule has 7 heteroatoms. The number of nitrogens with two attached hydrogens (primary N) is 1. The van der Waals surface area contributed by atoms with Gasteiger partial charge in [0.2, 0.25) is 0 Å². The van der Waals surface area contributed by atoms with Crippen molar-refractivity contribution < 1.29 is 9.53 Å². The number of nitrogen functional groups attached to an aromatic ring is 1. The van der Waals surface area contributed by atoms with E-state index in [1.165, 1.54) is 0 Å². The number of hydrogen-bond acceptors (Lipinski definition) is 4. The Morgan fingerprint density at radius 2 is 1.85 bits per heavy atom. The molecule has 0 saturated carbocycles. The maximum absolute atomic E-state index is 12.6. The van der Waals surface area contributed by atoms with Crippen molar-refractivity contribution in [1.29, 1.82) is 0 Å². The van der Waals surface area contributed by atoms with E-state index in [4.69, 9.17) is 10.5 Å². The van der Waals surface area contributed by atoms with Crippen LogP contribution in [-0.2, 0) is 11.3 Å². The average molecular weight is 398 g/mol. The first-order valence-corrected chi connectivity index (χ1v) is 8.19. The lowest BCUT2D eigenvalue weighted by Gasteiger charge is -2.27. The number of hydrogen-bond donors (Lipinski definition) is 2. The first-order chi connectivity index (χ1) is 11.6. The molecule has 1 aliphatic rings. The topological polar surface area (TPSA) is 67.6 Å². The van der Waals surface area contributed by atoms with Crippen molar-refractivity contribution in [3.63, 3.8) is 0 Å². The third-order valence-corrected chi connectivity index (χ3v) is 4.27. The molecule has 0 bridgehead atoms. The van der Waals surface area contributed by atoms with Gasteiger partial charge in [-0.1, -0.05) is 24.3 Å². The van der Waals surface area contributed by atoms with Crippen molar-refractivity contribution in [1.82, 2.24) is 4.90 Å². The molecule has 5 nitrogen and oxygen atoms in total. The molecule has 3 N–H and O–H groups in total. The minimum Gasteiger partial charge on any atom is -0.399 e. The van der Waals surface area contributed by atoms with Crippen LogP contribution in [0.15, 0.2) is 42.5 Å². The molecule has 1 aliphatic heterocycles. The second-order valence-corrected chi connectivity index (χ2v) is 6.07. The summed E-state index contributed by atoms with van der Waals surface area (Å²) in [6.07, 6.45) is 0. The largest absolute Gasteiger partial charge is 0.399 e. The normalized spacial score (nSPS) is 14.0. The van der Waals surface area contributed by atoms with Gasteiger partial charge >= 0.3 is 0 Å². The maximum Gasteiger partial charge on any atom is 0.256 e. The average Bonchev–Trinajstić information content (AvgIpc) is 2.59. The summed E-state index contributed by atoms with van der Waals surface area (Å²) in [6, 6.07) is 13.3. The summed E-state index contributed by atoms with van der Waals surface area (Å²) in [5.74, 6) is -0.130. The lowest BCUT2D eigenvalue weighted by atomic mass is 10.1. The fourth-order valence-corrected chi connectivity index (χ4v) is 2.85. The highest BCUT2D eigenvalue weighted by molar-refractivity contribution is 6.06. The number of morpholine rings is 1. The van der Waals surface area contributed by atoms with Gasteiger partial charge in [0.15, 0.2) is 0 Å². The minimum atomic E-state index is -0.130. The Kier molecular flexibility index (Phi) is 8.88. The summed E-state index contributed by atoms with van der Waals surface area (Å²) in [6.45, 7) is 6.06. The minimum absolute atomic E-state index is 0. The SMILES string of the molecule is Cc1ccc(N)cc1C(=O)Nc1ccccc1CN1CCOCC1.Cl.Cl. The molecule has 3 rings (SSSR count). The Morgan fingerprint density at radius 3 is 2.58 bits per heavy atom. The Bertz CT molecular complexity index is 734. The fraction of sp³-hybridized carbons (Fsp3) is 0.316. The number of ether oxygens (including phenoxy) is 1. The van der Waals surface area contributed by atoms with Gasteiger partial charge in [-0.2, -0.15) is 0 Å². The van der Waals surface area contributed by atoms with Gasteiger partial charge in [0.05, 0.1) is 13.2 Å². The smallest absolute Gasteiger partial charge is 0.256 e. The summed E-state index contributed by atoms with van der Waals surface area (Å²) >= 11 is 0. The standard InChI is InChI=1S/C19H23N3O2.2ClH/c1-14-6-7-16(20)12-17(14)19(23)21-18-5-3-2-4-15(18)13-22-8-10-24-11-9-22;;/h2-7,12H,8-11,13,20H2,1H3,(H,21,23);2*1H. The van der Waals surface area contributed by atoms with E-state index in [-0.39, 0.29) is 30.7 Å². The number of amides is 1. The third kappa shape index (κ3) is 5.61. The van der Waals surface area contributed by atoms with E-state index >= 15 is 0 Å². The van der Waals surface area contributed by atoms with Crippen molar-refractivity contribution in [3.8, 4) is 0 Å². The number of para-hydroxylation sites is 1. The molecule has 1 amide bonds. The highest BCUT2D eigenvalue weighted by Crippen LogP contribution is 2.20. The molecule has 1 heterocycles. The molecular weight excluding hydrogens is 373 g/mol. The van der Waals surface area contributed by atoms with E-state index in [1.54, 1.807) is 12.1 Å². The van der Waals surface area contributed by atoms with Crippen molar-refractivity contribution in [3.05, 3.63) is 59.2 Å². The van der Waals surface area contributed by atoms with Crippen LogP contribution in [0, 0.1) is 6.92 Å². The highest BCUT2D eigenvalue weighted by atomic mass is 35.5. The Hall–Kier alpha value is -1.79. The highest BCUT2D eigenvalue weighted by Gasteiger charge is 2.15. The zero-order chi connectivity index (χ0) is 16.9. The molecule has 2 aromatic rings. The Balaban J connectivity index is 0.00000169. The molecule has 0 aliphatic carbocycles. The van der Waals surface area contributed by atoms with E-state index in [1.807, 2.05) is 31.2 Å². The predicted octanol–water partition coefficient (Wildman–Crippen LogP) is 3.51. The molecule has 0 aromatic heterocycles. The first-order valence-electron chi connectivity index (χ1n) is 8.19. The summed E-state index contributed by atoms with van der Waals surface area (Å²) in [5, 5.41) is 3.03. The number of anilines is 2. The van der Waals surface area contributed by atoms with Gasteiger partial charge in [0.1, 0.15) is 0 Å². The summed E-state index contributed by atoms with van der Waals surface area (Å²) in [5.41, 5.74) is 9.87. The number of aryl methyl sites for hydroxylation is 1. The number of halogens is 2. The van der Waals surface area contributed by atoms with E-state index < -0.39 is 0 Å². The molecule has 1 saturated heterocycles. The van der Waals surface area contributed by atoms with Gasteiger partial charge in [0.25, 0.3) is 5.91 Å². The predicted molar refractivity (Wildman–Crippen MR) is 111 cm³/mol. The van der Waals surface area contributed by atoms with E-state index in [0.29, 0.717) is 11.3 Å². The molecule has 2 aromatic carbocycles. The molecule has 26 heavy (non-hydrogen) atoms. The lowest BCUT2D eigenvalue weighted by Crippen LogP contribution is -2.35. The molecule has 0 radical (unpaired) electrons. The van der Waals surface area contributed by atoms with Crippen LogP contribution in [0.2, 0.25) is 0 Å². The van der Waals surface area contributed by atoms with Gasteiger partial charge in [0, 0.05) is 36.6 Å². The van der Waals surface area contributed by atoms with Crippen LogP contribution in [0.1, 0.15) is 21.5 Å². The quantitative estimate of drug-likeness (QED) is 0.774. The fourth-order valence-electron chi connectivity index (χ4n) is 2.85. The monoisotopic (exact) mass is 397 g/mol. The summed E-state index contributed by atoms with van der Waals surface area (Å²) in [7, 11) is 0. The molecular formula is C19H25Cl2N3O2. The molecule has 142 valence electrons. The Labute approximate surface area is 166 Å². The summed E-state index contributed by atoms with van der Waals surface area (Å²) < 4.78 is 5.39. The van der Waals surface area contributed by atoms with Crippen LogP contribution in [0.5, 0.6) is 0 Å². The number of rotatable bonds is 4. The molecule has 0 spiro atoms. The molecule has 1 fully saturated rings. The summed E-state index contributed by atoms with van der Waals surface area (Å²) in [4.78, 5) is 15.0. The van der Waals surface area contributed by atoms with Crippen LogP contribution in [0.25, 0.3) is 0 Å². The number of carbonyl (C=O) groups is 1. The second-order valence-electron chi connectivity index (χ2n) is 6.07. The number of nitrogens with zero attached hydrogens (tertiary/aromatic N) is 1.